The number of anilines is 2. The molecule has 2 aromatic heterocycles. The van der Waals surface area contributed by atoms with E-state index in [0.29, 0.717) is 0 Å². The fourth-order valence-corrected chi connectivity index (χ4v) is 3.41. The number of alkyl halides is 3. The zero-order valence-corrected chi connectivity index (χ0v) is 15.2. The number of aromatic nitrogens is 4. The van der Waals surface area contributed by atoms with Gasteiger partial charge < -0.3 is 10.2 Å². The van der Waals surface area contributed by atoms with Crippen molar-refractivity contribution < 1.29 is 13.2 Å². The van der Waals surface area contributed by atoms with E-state index in [9.17, 15) is 13.2 Å². The van der Waals surface area contributed by atoms with E-state index >= 15 is 0 Å². The van der Waals surface area contributed by atoms with E-state index in [2.05, 4.69) is 25.2 Å². The zero-order chi connectivity index (χ0) is 19.7. The van der Waals surface area contributed by atoms with Crippen LogP contribution in [0.4, 0.5) is 24.8 Å². The first kappa shape index (κ1) is 18.4. The van der Waals surface area contributed by atoms with E-state index < -0.39 is 11.9 Å². The number of rotatable bonds is 3. The van der Waals surface area contributed by atoms with Crippen molar-refractivity contribution in [3.05, 3.63) is 48.0 Å². The molecule has 1 saturated heterocycles. The van der Waals surface area contributed by atoms with Crippen molar-refractivity contribution in [2.45, 2.75) is 32.0 Å². The molecule has 1 aliphatic heterocycles. The molecule has 0 saturated carbocycles. The Morgan fingerprint density at radius 1 is 1.04 bits per heavy atom. The van der Waals surface area contributed by atoms with Crippen molar-refractivity contribution in [3.63, 3.8) is 0 Å². The highest BCUT2D eigenvalue weighted by atomic mass is 19.4. The minimum Gasteiger partial charge on any atom is -0.367 e. The van der Waals surface area contributed by atoms with E-state index in [4.69, 9.17) is 4.98 Å². The number of hydrogen-bond acceptors (Lipinski definition) is 6. The molecule has 0 radical (unpaired) electrons. The molecule has 28 heavy (non-hydrogen) atoms. The van der Waals surface area contributed by atoms with Gasteiger partial charge in [-0.3, -0.25) is 0 Å². The van der Waals surface area contributed by atoms with Crippen LogP contribution in [0.1, 0.15) is 24.2 Å². The maximum atomic E-state index is 12.8. The Kier molecular flexibility index (Phi) is 4.74. The van der Waals surface area contributed by atoms with Crippen molar-refractivity contribution in [3.8, 4) is 0 Å². The quantitative estimate of drug-likeness (QED) is 0.736. The van der Waals surface area contributed by atoms with Crippen LogP contribution in [-0.2, 0) is 6.18 Å². The second kappa shape index (κ2) is 7.21. The number of para-hydroxylation sites is 2. The number of nitrogens with one attached hydrogen (secondary N) is 1. The number of fused-ring (bicyclic) bond motifs is 1. The molecule has 9 heteroatoms. The lowest BCUT2D eigenvalue weighted by Gasteiger charge is -2.34. The normalized spacial score (nSPS) is 15.8. The Morgan fingerprint density at radius 2 is 1.71 bits per heavy atom. The van der Waals surface area contributed by atoms with Crippen LogP contribution in [0.15, 0.2) is 36.7 Å². The summed E-state index contributed by atoms with van der Waals surface area (Å²) < 4.78 is 38.4. The first-order valence-corrected chi connectivity index (χ1v) is 9.04. The molecule has 1 N–H and O–H groups in total. The van der Waals surface area contributed by atoms with Gasteiger partial charge in [0.1, 0.15) is 17.8 Å². The van der Waals surface area contributed by atoms with Gasteiger partial charge in [-0.1, -0.05) is 12.1 Å². The predicted octanol–water partition coefficient (Wildman–Crippen LogP) is 3.83. The van der Waals surface area contributed by atoms with E-state index in [-0.39, 0.29) is 11.9 Å². The summed E-state index contributed by atoms with van der Waals surface area (Å²) >= 11 is 0. The summed E-state index contributed by atoms with van der Waals surface area (Å²) in [7, 11) is 0. The summed E-state index contributed by atoms with van der Waals surface area (Å²) in [5.74, 6) is 1.06. The lowest BCUT2D eigenvalue weighted by molar-refractivity contribution is -0.141. The smallest absolute Gasteiger partial charge is 0.367 e. The monoisotopic (exact) mass is 388 g/mol. The van der Waals surface area contributed by atoms with Crippen molar-refractivity contribution >= 4 is 22.7 Å². The van der Waals surface area contributed by atoms with E-state index in [1.54, 1.807) is 0 Å². The topological polar surface area (TPSA) is 66.8 Å². The van der Waals surface area contributed by atoms with Gasteiger partial charge in [0.15, 0.2) is 5.82 Å². The minimum atomic E-state index is -4.48. The first-order valence-electron chi connectivity index (χ1n) is 9.04. The number of nitrogens with zero attached hydrogens (tertiary/aromatic N) is 5. The average molecular weight is 388 g/mol. The summed E-state index contributed by atoms with van der Waals surface area (Å²) in [4.78, 5) is 18.7. The van der Waals surface area contributed by atoms with E-state index in [1.165, 1.54) is 0 Å². The molecule has 0 atom stereocenters. The molecular weight excluding hydrogens is 369 g/mol. The molecule has 1 aromatic carbocycles. The summed E-state index contributed by atoms with van der Waals surface area (Å²) in [5.41, 5.74) is 1.65. The Hall–Kier alpha value is -2.97. The Labute approximate surface area is 159 Å². The van der Waals surface area contributed by atoms with Gasteiger partial charge in [0, 0.05) is 25.2 Å². The van der Waals surface area contributed by atoms with Crippen LogP contribution in [0, 0.1) is 6.92 Å². The van der Waals surface area contributed by atoms with Gasteiger partial charge in [0.2, 0.25) is 0 Å². The van der Waals surface area contributed by atoms with Gasteiger partial charge in [0.05, 0.1) is 16.7 Å². The number of halogens is 3. The van der Waals surface area contributed by atoms with Gasteiger partial charge in [-0.15, -0.1) is 0 Å². The molecule has 0 aliphatic carbocycles. The molecule has 3 aromatic rings. The molecular formula is C19H19F3N6. The molecule has 1 fully saturated rings. The van der Waals surface area contributed by atoms with Crippen molar-refractivity contribution in [1.29, 1.82) is 0 Å². The molecule has 0 amide bonds. The fraction of sp³-hybridized carbons (Fsp3) is 0.368. The first-order chi connectivity index (χ1) is 13.4. The third-order valence-electron chi connectivity index (χ3n) is 4.82. The molecule has 4 rings (SSSR count). The molecule has 3 heterocycles. The highest BCUT2D eigenvalue weighted by molar-refractivity contribution is 5.76. The fourth-order valence-electron chi connectivity index (χ4n) is 3.41. The molecule has 1 aliphatic rings. The maximum Gasteiger partial charge on any atom is 0.433 e. The Balaban J connectivity index is 1.43. The van der Waals surface area contributed by atoms with Crippen LogP contribution in [0.25, 0.3) is 11.0 Å². The number of piperidine rings is 1. The maximum absolute atomic E-state index is 12.8. The minimum absolute atomic E-state index is 0.0426. The number of benzene rings is 1. The third-order valence-corrected chi connectivity index (χ3v) is 4.82. The van der Waals surface area contributed by atoms with Crippen LogP contribution in [0.5, 0.6) is 0 Å². The summed E-state index contributed by atoms with van der Waals surface area (Å²) in [6.45, 7) is 3.42. The van der Waals surface area contributed by atoms with Crippen molar-refractivity contribution in [2.75, 3.05) is 23.3 Å². The second-order valence-corrected chi connectivity index (χ2v) is 6.81. The molecule has 0 spiro atoms. The lowest BCUT2D eigenvalue weighted by atomic mass is 10.0. The van der Waals surface area contributed by atoms with Crippen LogP contribution in [0.2, 0.25) is 0 Å². The summed E-state index contributed by atoms with van der Waals surface area (Å²) in [6, 6.07) is 8.74. The van der Waals surface area contributed by atoms with Gasteiger partial charge in [-0.2, -0.15) is 13.2 Å². The Morgan fingerprint density at radius 3 is 2.39 bits per heavy atom. The number of hydrogen-bond donors (Lipinski definition) is 1. The van der Waals surface area contributed by atoms with Gasteiger partial charge in [0.25, 0.3) is 0 Å². The van der Waals surface area contributed by atoms with Crippen LogP contribution >= 0.6 is 0 Å². The summed E-state index contributed by atoms with van der Waals surface area (Å²) in [6.07, 6.45) is -2.01. The second-order valence-electron chi connectivity index (χ2n) is 6.81. The highest BCUT2D eigenvalue weighted by Crippen LogP contribution is 2.29. The molecule has 0 bridgehead atoms. The predicted molar refractivity (Wildman–Crippen MR) is 100 cm³/mol. The SMILES string of the molecule is Cc1nc2ccccc2nc1N1CCC(Nc2cc(C(F)(F)F)ncn2)CC1. The lowest BCUT2D eigenvalue weighted by Crippen LogP contribution is -2.40. The third kappa shape index (κ3) is 3.83. The largest absolute Gasteiger partial charge is 0.433 e. The summed E-state index contributed by atoms with van der Waals surface area (Å²) in [5, 5.41) is 3.10. The standard InChI is InChI=1S/C19H19F3N6/c1-12-18(27-15-5-3-2-4-14(15)25-12)28-8-6-13(7-9-28)26-17-10-16(19(20,21)22)23-11-24-17/h2-5,10-11,13H,6-9H2,1H3,(H,23,24,26). The van der Waals surface area contributed by atoms with Crippen molar-refractivity contribution in [2.24, 2.45) is 0 Å². The number of aryl methyl sites for hydroxylation is 1. The van der Waals surface area contributed by atoms with Gasteiger partial charge >= 0.3 is 6.18 Å². The Bertz CT molecular complexity index is 983. The molecule has 146 valence electrons. The highest BCUT2D eigenvalue weighted by Gasteiger charge is 2.33. The van der Waals surface area contributed by atoms with Crippen molar-refractivity contribution in [1.82, 2.24) is 19.9 Å². The van der Waals surface area contributed by atoms with Gasteiger partial charge in [-0.25, -0.2) is 19.9 Å². The van der Waals surface area contributed by atoms with Crippen LogP contribution in [-0.4, -0.2) is 39.1 Å². The van der Waals surface area contributed by atoms with Gasteiger partial charge in [-0.05, 0) is 31.9 Å². The van der Waals surface area contributed by atoms with E-state index in [1.807, 2.05) is 31.2 Å². The average Bonchev–Trinajstić information content (AvgIpc) is 2.68. The zero-order valence-electron chi connectivity index (χ0n) is 15.2. The van der Waals surface area contributed by atoms with E-state index in [0.717, 1.165) is 60.9 Å². The molecule has 6 nitrogen and oxygen atoms in total. The van der Waals surface area contributed by atoms with Crippen LogP contribution < -0.4 is 10.2 Å². The van der Waals surface area contributed by atoms with Crippen LogP contribution in [0.3, 0.4) is 0 Å². The molecule has 0 unspecified atom stereocenters.